The minimum Gasteiger partial charge on any atom is -0.494 e. The average Bonchev–Trinajstić information content (AvgIpc) is 2.57. The van der Waals surface area contributed by atoms with Crippen molar-refractivity contribution in [3.63, 3.8) is 0 Å². The van der Waals surface area contributed by atoms with E-state index in [0.29, 0.717) is 5.56 Å². The summed E-state index contributed by atoms with van der Waals surface area (Å²) in [7, 11) is 0. The summed E-state index contributed by atoms with van der Waals surface area (Å²) < 4.78 is 5.58. The normalized spacial score (nSPS) is 10.6. The van der Waals surface area contributed by atoms with E-state index in [1.165, 1.54) is 0 Å². The highest BCUT2D eigenvalue weighted by atomic mass is 16.5. The number of unbranched alkanes of at least 4 members (excludes halogenated alkanes) is 1. The molecular formula is C17H19N3O2. The van der Waals surface area contributed by atoms with E-state index in [4.69, 9.17) is 4.74 Å². The predicted molar refractivity (Wildman–Crippen MR) is 86.1 cm³/mol. The highest BCUT2D eigenvalue weighted by molar-refractivity contribution is 5.94. The van der Waals surface area contributed by atoms with Gasteiger partial charge in [0.2, 0.25) is 0 Å². The topological polar surface area (TPSA) is 63.6 Å². The van der Waals surface area contributed by atoms with Crippen LogP contribution < -0.4 is 10.2 Å². The van der Waals surface area contributed by atoms with Gasteiger partial charge in [-0.05, 0) is 48.4 Å². The average molecular weight is 297 g/mol. The van der Waals surface area contributed by atoms with Crippen molar-refractivity contribution in [2.45, 2.75) is 19.8 Å². The molecule has 0 unspecified atom stereocenters. The Labute approximate surface area is 130 Å². The highest BCUT2D eigenvalue weighted by Gasteiger charge is 2.01. The van der Waals surface area contributed by atoms with Gasteiger partial charge in [0.1, 0.15) is 5.75 Å². The lowest BCUT2D eigenvalue weighted by molar-refractivity contribution is 0.0955. The van der Waals surface area contributed by atoms with E-state index in [2.05, 4.69) is 22.4 Å². The fourth-order valence-corrected chi connectivity index (χ4v) is 1.72. The summed E-state index contributed by atoms with van der Waals surface area (Å²) in [4.78, 5) is 15.6. The van der Waals surface area contributed by atoms with Crippen molar-refractivity contribution in [2.24, 2.45) is 5.10 Å². The summed E-state index contributed by atoms with van der Waals surface area (Å²) in [5, 5.41) is 3.94. The van der Waals surface area contributed by atoms with Crippen molar-refractivity contribution in [3.8, 4) is 5.75 Å². The smallest absolute Gasteiger partial charge is 0.271 e. The van der Waals surface area contributed by atoms with Gasteiger partial charge in [-0.25, -0.2) is 5.43 Å². The van der Waals surface area contributed by atoms with Crippen LogP contribution in [0, 0.1) is 0 Å². The number of hydrogen-bond donors (Lipinski definition) is 1. The molecule has 0 bridgehead atoms. The number of amides is 1. The van der Waals surface area contributed by atoms with Crippen LogP contribution in [-0.4, -0.2) is 23.7 Å². The summed E-state index contributed by atoms with van der Waals surface area (Å²) in [5.41, 5.74) is 3.88. The van der Waals surface area contributed by atoms with Crippen LogP contribution in [0.5, 0.6) is 5.75 Å². The Balaban J connectivity index is 1.84. The first-order valence-corrected chi connectivity index (χ1v) is 7.26. The molecule has 1 N–H and O–H groups in total. The molecule has 1 heterocycles. The fraction of sp³-hybridized carbons (Fsp3) is 0.235. The molecule has 2 rings (SSSR count). The monoisotopic (exact) mass is 297 g/mol. The molecule has 22 heavy (non-hydrogen) atoms. The molecule has 0 spiro atoms. The quantitative estimate of drug-likeness (QED) is 0.485. The summed E-state index contributed by atoms with van der Waals surface area (Å²) in [6.45, 7) is 2.86. The second-order valence-electron chi connectivity index (χ2n) is 4.71. The molecule has 1 amide bonds. The van der Waals surface area contributed by atoms with Crippen LogP contribution in [0.4, 0.5) is 0 Å². The van der Waals surface area contributed by atoms with Crippen molar-refractivity contribution >= 4 is 12.1 Å². The largest absolute Gasteiger partial charge is 0.494 e. The zero-order valence-electron chi connectivity index (χ0n) is 12.5. The number of aromatic nitrogens is 1. The van der Waals surface area contributed by atoms with E-state index in [1.54, 1.807) is 30.7 Å². The van der Waals surface area contributed by atoms with Gasteiger partial charge in [-0.2, -0.15) is 5.10 Å². The molecule has 5 heteroatoms. The van der Waals surface area contributed by atoms with Gasteiger partial charge in [0, 0.05) is 18.0 Å². The second kappa shape index (κ2) is 8.56. The minimum atomic E-state index is -0.266. The van der Waals surface area contributed by atoms with Crippen molar-refractivity contribution in [2.75, 3.05) is 6.61 Å². The minimum absolute atomic E-state index is 0.266. The van der Waals surface area contributed by atoms with Crippen LogP contribution in [0.25, 0.3) is 0 Å². The van der Waals surface area contributed by atoms with Gasteiger partial charge in [0.15, 0.2) is 0 Å². The third-order valence-corrected chi connectivity index (χ3v) is 2.97. The third-order valence-electron chi connectivity index (χ3n) is 2.97. The molecule has 114 valence electrons. The Morgan fingerprint density at radius 2 is 1.95 bits per heavy atom. The van der Waals surface area contributed by atoms with Gasteiger partial charge in [-0.3, -0.25) is 9.78 Å². The lowest BCUT2D eigenvalue weighted by Crippen LogP contribution is -2.17. The van der Waals surface area contributed by atoms with Gasteiger partial charge in [-0.15, -0.1) is 0 Å². The number of benzene rings is 1. The van der Waals surface area contributed by atoms with Crippen molar-refractivity contribution < 1.29 is 9.53 Å². The number of carbonyl (C=O) groups excluding carboxylic acids is 1. The molecule has 0 saturated carbocycles. The van der Waals surface area contributed by atoms with E-state index >= 15 is 0 Å². The lowest BCUT2D eigenvalue weighted by Gasteiger charge is -2.04. The molecule has 0 saturated heterocycles. The Kier molecular flexibility index (Phi) is 6.11. The van der Waals surface area contributed by atoms with Crippen molar-refractivity contribution in [3.05, 3.63) is 59.9 Å². The number of hydrazone groups is 1. The number of nitrogens with one attached hydrogen (secondary N) is 1. The molecular weight excluding hydrogens is 278 g/mol. The first-order chi connectivity index (χ1) is 10.8. The van der Waals surface area contributed by atoms with Gasteiger partial charge >= 0.3 is 0 Å². The van der Waals surface area contributed by atoms with Crippen LogP contribution in [0.1, 0.15) is 35.7 Å². The zero-order valence-corrected chi connectivity index (χ0v) is 12.5. The van der Waals surface area contributed by atoms with Crippen molar-refractivity contribution in [1.82, 2.24) is 10.4 Å². The zero-order chi connectivity index (χ0) is 15.6. The number of hydrogen-bond acceptors (Lipinski definition) is 4. The van der Waals surface area contributed by atoms with Gasteiger partial charge in [-0.1, -0.05) is 13.3 Å². The first kappa shape index (κ1) is 15.7. The molecule has 5 nitrogen and oxygen atoms in total. The predicted octanol–water partition coefficient (Wildman–Crippen LogP) is 3.02. The number of nitrogens with zero attached hydrogens (tertiary/aromatic N) is 2. The number of pyridine rings is 1. The molecule has 0 atom stereocenters. The maximum absolute atomic E-state index is 11.8. The second-order valence-corrected chi connectivity index (χ2v) is 4.71. The fourth-order valence-electron chi connectivity index (χ4n) is 1.72. The first-order valence-electron chi connectivity index (χ1n) is 7.26. The van der Waals surface area contributed by atoms with E-state index < -0.39 is 0 Å². The van der Waals surface area contributed by atoms with Crippen LogP contribution in [0.3, 0.4) is 0 Å². The highest BCUT2D eigenvalue weighted by Crippen LogP contribution is 2.11. The van der Waals surface area contributed by atoms with Crippen LogP contribution >= 0.6 is 0 Å². The number of rotatable bonds is 7. The summed E-state index contributed by atoms with van der Waals surface area (Å²) in [6, 6.07) is 10.8. The van der Waals surface area contributed by atoms with Gasteiger partial charge < -0.3 is 4.74 Å². The van der Waals surface area contributed by atoms with E-state index in [0.717, 1.165) is 30.8 Å². The standard InChI is InChI=1S/C17H19N3O2/c1-2-3-12-22-16-6-4-14(5-7-16)13-19-20-17(21)15-8-10-18-11-9-15/h4-11,13H,2-3,12H2,1H3,(H,20,21). The Bertz CT molecular complexity index is 610. The van der Waals surface area contributed by atoms with Crippen LogP contribution in [0.2, 0.25) is 0 Å². The maximum Gasteiger partial charge on any atom is 0.271 e. The summed E-state index contributed by atoms with van der Waals surface area (Å²) in [6.07, 6.45) is 6.88. The number of carbonyl (C=O) groups is 1. The third kappa shape index (κ3) is 5.01. The van der Waals surface area contributed by atoms with Crippen LogP contribution in [-0.2, 0) is 0 Å². The molecule has 2 aromatic rings. The van der Waals surface area contributed by atoms with Crippen molar-refractivity contribution in [1.29, 1.82) is 0 Å². The van der Waals surface area contributed by atoms with E-state index in [9.17, 15) is 4.79 Å². The molecule has 0 aliphatic heterocycles. The van der Waals surface area contributed by atoms with E-state index in [1.807, 2.05) is 24.3 Å². The Hall–Kier alpha value is -2.69. The molecule has 0 aliphatic carbocycles. The molecule has 1 aromatic carbocycles. The number of ether oxygens (including phenoxy) is 1. The molecule has 0 radical (unpaired) electrons. The summed E-state index contributed by atoms with van der Waals surface area (Å²) in [5.74, 6) is 0.574. The van der Waals surface area contributed by atoms with Gasteiger partial charge in [0.05, 0.1) is 12.8 Å². The van der Waals surface area contributed by atoms with Gasteiger partial charge in [0.25, 0.3) is 5.91 Å². The Morgan fingerprint density at radius 3 is 2.64 bits per heavy atom. The van der Waals surface area contributed by atoms with E-state index in [-0.39, 0.29) is 5.91 Å². The maximum atomic E-state index is 11.8. The SMILES string of the molecule is CCCCOc1ccc(C=NNC(=O)c2ccncc2)cc1. The molecule has 1 aromatic heterocycles. The Morgan fingerprint density at radius 1 is 1.23 bits per heavy atom. The molecule has 0 aliphatic rings. The van der Waals surface area contributed by atoms with Crippen LogP contribution in [0.15, 0.2) is 53.9 Å². The summed E-state index contributed by atoms with van der Waals surface area (Å²) >= 11 is 0. The molecule has 0 fully saturated rings. The lowest BCUT2D eigenvalue weighted by atomic mass is 10.2.